The van der Waals surface area contributed by atoms with Crippen molar-refractivity contribution in [3.8, 4) is 0 Å². The summed E-state index contributed by atoms with van der Waals surface area (Å²) in [7, 11) is 0. The van der Waals surface area contributed by atoms with Gasteiger partial charge in [0.2, 0.25) is 0 Å². The summed E-state index contributed by atoms with van der Waals surface area (Å²) in [5, 5.41) is 0. The van der Waals surface area contributed by atoms with Gasteiger partial charge in [-0.05, 0) is 44.4 Å². The van der Waals surface area contributed by atoms with Crippen molar-refractivity contribution in [2.24, 2.45) is 5.92 Å². The second kappa shape index (κ2) is 10.9. The van der Waals surface area contributed by atoms with Crippen LogP contribution < -0.4 is 0 Å². The number of hydrogen-bond acceptors (Lipinski definition) is 2. The molecule has 0 amide bonds. The van der Waals surface area contributed by atoms with Crippen LogP contribution >= 0.6 is 0 Å². The van der Waals surface area contributed by atoms with E-state index in [1.807, 2.05) is 0 Å². The third-order valence-electron chi connectivity index (χ3n) is 4.91. The Balaban J connectivity index is 2.55. The van der Waals surface area contributed by atoms with Gasteiger partial charge in [-0.1, -0.05) is 65.4 Å². The van der Waals surface area contributed by atoms with Crippen LogP contribution in [0, 0.1) is 5.92 Å². The molecule has 0 bridgehead atoms. The zero-order valence-corrected chi connectivity index (χ0v) is 14.9. The van der Waals surface area contributed by atoms with Gasteiger partial charge in [0, 0.05) is 6.08 Å². The summed E-state index contributed by atoms with van der Waals surface area (Å²) >= 11 is 0. The molecule has 0 spiro atoms. The van der Waals surface area contributed by atoms with Crippen molar-refractivity contribution in [1.82, 2.24) is 0 Å². The Morgan fingerprint density at radius 1 is 1.05 bits per heavy atom. The van der Waals surface area contributed by atoms with Crippen molar-refractivity contribution < 1.29 is 9.53 Å². The number of hydrogen-bond donors (Lipinski definition) is 0. The van der Waals surface area contributed by atoms with E-state index in [1.54, 1.807) is 0 Å². The van der Waals surface area contributed by atoms with Gasteiger partial charge in [-0.25, -0.2) is 4.79 Å². The summed E-state index contributed by atoms with van der Waals surface area (Å²) in [5.41, 5.74) is -0.215. The van der Waals surface area contributed by atoms with E-state index in [1.165, 1.54) is 70.3 Å². The van der Waals surface area contributed by atoms with Gasteiger partial charge in [0.05, 0.1) is 0 Å². The molecule has 1 rings (SSSR count). The van der Waals surface area contributed by atoms with Gasteiger partial charge in [0.15, 0.2) is 0 Å². The number of rotatable bonds is 8. The fraction of sp³-hybridized carbons (Fsp3) is 0.850. The van der Waals surface area contributed by atoms with Crippen LogP contribution in [0.4, 0.5) is 0 Å². The molecule has 0 N–H and O–H groups in total. The minimum absolute atomic E-state index is 0.215. The summed E-state index contributed by atoms with van der Waals surface area (Å²) in [5.74, 6) is 0.555. The first-order valence-electron chi connectivity index (χ1n) is 9.43. The minimum Gasteiger partial charge on any atom is -0.456 e. The van der Waals surface area contributed by atoms with Crippen LogP contribution in [-0.2, 0) is 9.53 Å². The molecule has 0 heterocycles. The number of carbonyl (C=O) groups is 1. The van der Waals surface area contributed by atoms with Crippen LogP contribution in [0.3, 0.4) is 0 Å². The van der Waals surface area contributed by atoms with Crippen molar-refractivity contribution in [2.75, 3.05) is 0 Å². The van der Waals surface area contributed by atoms with Gasteiger partial charge in [0.1, 0.15) is 5.60 Å². The SMILES string of the molecule is C=CC(=O)OC1(CCCCCC(C)C)CCCCCCCC1. The van der Waals surface area contributed by atoms with E-state index in [0.717, 1.165) is 25.2 Å². The standard InChI is InChI=1S/C20H36O2/c1-4-19(21)22-20(17-13-9-10-14-18(2)3)15-11-7-5-6-8-12-16-20/h4,18H,1,5-17H2,2-3H3. The summed E-state index contributed by atoms with van der Waals surface area (Å²) < 4.78 is 5.89. The quantitative estimate of drug-likeness (QED) is 0.303. The third-order valence-corrected chi connectivity index (χ3v) is 4.91. The zero-order chi connectivity index (χ0) is 16.3. The first kappa shape index (κ1) is 19.3. The van der Waals surface area contributed by atoms with Crippen LogP contribution in [0.2, 0.25) is 0 Å². The van der Waals surface area contributed by atoms with Gasteiger partial charge in [-0.2, -0.15) is 0 Å². The predicted octanol–water partition coefficient (Wildman–Crippen LogP) is 6.20. The minimum atomic E-state index is -0.235. The van der Waals surface area contributed by atoms with Crippen molar-refractivity contribution in [2.45, 2.75) is 103 Å². The Kier molecular flexibility index (Phi) is 9.50. The summed E-state index contributed by atoms with van der Waals surface area (Å²) in [4.78, 5) is 11.8. The number of esters is 1. The molecule has 1 aliphatic rings. The normalized spacial score (nSPS) is 19.0. The van der Waals surface area contributed by atoms with E-state index in [4.69, 9.17) is 4.74 Å². The third kappa shape index (κ3) is 8.00. The molecule has 0 aliphatic heterocycles. The second-order valence-corrected chi connectivity index (χ2v) is 7.42. The Morgan fingerprint density at radius 3 is 2.18 bits per heavy atom. The first-order valence-corrected chi connectivity index (χ1v) is 9.43. The summed E-state index contributed by atoms with van der Waals surface area (Å²) in [6.45, 7) is 8.14. The fourth-order valence-corrected chi connectivity index (χ4v) is 3.56. The maximum absolute atomic E-state index is 11.8. The molecule has 1 aliphatic carbocycles. The summed E-state index contributed by atoms with van der Waals surface area (Å²) in [6.07, 6.45) is 17.1. The largest absolute Gasteiger partial charge is 0.456 e. The van der Waals surface area contributed by atoms with E-state index in [2.05, 4.69) is 20.4 Å². The Morgan fingerprint density at radius 2 is 1.64 bits per heavy atom. The molecule has 22 heavy (non-hydrogen) atoms. The maximum atomic E-state index is 11.8. The van der Waals surface area contributed by atoms with Crippen molar-refractivity contribution in [1.29, 1.82) is 0 Å². The molecular weight excluding hydrogens is 272 g/mol. The predicted molar refractivity (Wildman–Crippen MR) is 93.9 cm³/mol. The molecular formula is C20H36O2. The molecule has 0 aromatic rings. The molecule has 1 saturated carbocycles. The first-order chi connectivity index (χ1) is 10.6. The van der Waals surface area contributed by atoms with Crippen LogP contribution in [0.5, 0.6) is 0 Å². The van der Waals surface area contributed by atoms with Crippen LogP contribution in [0.25, 0.3) is 0 Å². The van der Waals surface area contributed by atoms with Crippen LogP contribution in [0.1, 0.15) is 97.3 Å². The van der Waals surface area contributed by atoms with Crippen molar-refractivity contribution in [3.63, 3.8) is 0 Å². The van der Waals surface area contributed by atoms with E-state index < -0.39 is 0 Å². The average molecular weight is 309 g/mol. The molecule has 0 unspecified atom stereocenters. The lowest BCUT2D eigenvalue weighted by Gasteiger charge is -2.33. The van der Waals surface area contributed by atoms with Crippen LogP contribution in [0.15, 0.2) is 12.7 Å². The molecule has 0 atom stereocenters. The van der Waals surface area contributed by atoms with E-state index >= 15 is 0 Å². The van der Waals surface area contributed by atoms with Crippen molar-refractivity contribution >= 4 is 5.97 Å². The molecule has 0 aromatic carbocycles. The van der Waals surface area contributed by atoms with E-state index in [0.29, 0.717) is 0 Å². The lowest BCUT2D eigenvalue weighted by Crippen LogP contribution is -2.35. The highest BCUT2D eigenvalue weighted by Crippen LogP contribution is 2.34. The Hall–Kier alpha value is -0.790. The monoisotopic (exact) mass is 308 g/mol. The maximum Gasteiger partial charge on any atom is 0.330 e. The molecule has 2 nitrogen and oxygen atoms in total. The Labute approximate surface area is 137 Å². The highest BCUT2D eigenvalue weighted by molar-refractivity contribution is 5.81. The van der Waals surface area contributed by atoms with Crippen molar-refractivity contribution in [3.05, 3.63) is 12.7 Å². The summed E-state index contributed by atoms with van der Waals surface area (Å²) in [6, 6.07) is 0. The number of carbonyl (C=O) groups excluding carboxylic acids is 1. The molecule has 0 saturated heterocycles. The van der Waals surface area contributed by atoms with Gasteiger partial charge >= 0.3 is 5.97 Å². The van der Waals surface area contributed by atoms with E-state index in [9.17, 15) is 4.79 Å². The molecule has 128 valence electrons. The average Bonchev–Trinajstić information content (AvgIpc) is 2.59. The zero-order valence-electron chi connectivity index (χ0n) is 14.9. The second-order valence-electron chi connectivity index (χ2n) is 7.42. The lowest BCUT2D eigenvalue weighted by atomic mass is 9.85. The molecule has 1 fully saturated rings. The lowest BCUT2D eigenvalue weighted by molar-refractivity contribution is -0.156. The molecule has 2 heteroatoms. The van der Waals surface area contributed by atoms with Gasteiger partial charge in [-0.3, -0.25) is 0 Å². The fourth-order valence-electron chi connectivity index (χ4n) is 3.56. The Bertz CT molecular complexity index is 310. The van der Waals surface area contributed by atoms with Gasteiger partial charge in [-0.15, -0.1) is 0 Å². The molecule has 0 aromatic heterocycles. The highest BCUT2D eigenvalue weighted by Gasteiger charge is 2.32. The smallest absolute Gasteiger partial charge is 0.330 e. The highest BCUT2D eigenvalue weighted by atomic mass is 16.6. The van der Waals surface area contributed by atoms with Gasteiger partial charge < -0.3 is 4.74 Å². The van der Waals surface area contributed by atoms with Gasteiger partial charge in [0.25, 0.3) is 0 Å². The number of unbranched alkanes of at least 4 members (excludes halogenated alkanes) is 2. The topological polar surface area (TPSA) is 26.3 Å². The number of ether oxygens (including phenoxy) is 1. The molecule has 0 radical (unpaired) electrons. The van der Waals surface area contributed by atoms with Crippen LogP contribution in [-0.4, -0.2) is 11.6 Å². The van der Waals surface area contributed by atoms with E-state index in [-0.39, 0.29) is 11.6 Å².